The monoisotopic (exact) mass is 386 g/mol. The molecule has 2 aromatic carbocycles. The van der Waals surface area contributed by atoms with Gasteiger partial charge in [-0.25, -0.2) is 4.98 Å². The van der Waals surface area contributed by atoms with Gasteiger partial charge in [0.15, 0.2) is 0 Å². The zero-order valence-electron chi connectivity index (χ0n) is 16.7. The maximum Gasteiger partial charge on any atom is 0.254 e. The van der Waals surface area contributed by atoms with Crippen LogP contribution in [0.25, 0.3) is 0 Å². The molecule has 4 rings (SSSR count). The average Bonchev–Trinajstić information content (AvgIpc) is 2.79. The smallest absolute Gasteiger partial charge is 0.254 e. The number of anilines is 2. The molecular weight excluding hydrogens is 360 g/mol. The van der Waals surface area contributed by atoms with Gasteiger partial charge in [0, 0.05) is 50.2 Å². The van der Waals surface area contributed by atoms with E-state index in [0.717, 1.165) is 37.7 Å². The molecule has 1 aliphatic rings. The number of piperazine rings is 1. The van der Waals surface area contributed by atoms with Crippen molar-refractivity contribution in [3.63, 3.8) is 0 Å². The van der Waals surface area contributed by atoms with E-state index < -0.39 is 0 Å². The first-order valence-corrected chi connectivity index (χ1v) is 10.0. The number of para-hydroxylation sites is 1. The van der Waals surface area contributed by atoms with Crippen LogP contribution < -0.4 is 4.90 Å². The minimum absolute atomic E-state index is 0.0782. The molecule has 0 saturated carbocycles. The fraction of sp³-hybridized carbons (Fsp3) is 0.250. The molecule has 0 aliphatic carbocycles. The summed E-state index contributed by atoms with van der Waals surface area (Å²) in [6, 6.07) is 24.2. The highest BCUT2D eigenvalue weighted by atomic mass is 16.2. The number of hydrogen-bond donors (Lipinski definition) is 0. The molecule has 1 saturated heterocycles. The zero-order valence-corrected chi connectivity index (χ0v) is 16.7. The number of benzene rings is 2. The lowest BCUT2D eigenvalue weighted by molar-refractivity contribution is 0.0664. The molecule has 2 heterocycles. The van der Waals surface area contributed by atoms with E-state index >= 15 is 0 Å². The van der Waals surface area contributed by atoms with Crippen molar-refractivity contribution in [3.8, 4) is 0 Å². The van der Waals surface area contributed by atoms with Gasteiger partial charge in [0.25, 0.3) is 5.91 Å². The van der Waals surface area contributed by atoms with E-state index in [4.69, 9.17) is 0 Å². The van der Waals surface area contributed by atoms with Crippen molar-refractivity contribution in [1.29, 1.82) is 0 Å². The fourth-order valence-electron chi connectivity index (χ4n) is 3.57. The minimum Gasteiger partial charge on any atom is -0.336 e. The van der Waals surface area contributed by atoms with Crippen molar-refractivity contribution in [2.24, 2.45) is 0 Å². The number of hydrogen-bond acceptors (Lipinski definition) is 4. The van der Waals surface area contributed by atoms with Crippen molar-refractivity contribution in [3.05, 3.63) is 90.1 Å². The molecule has 1 amide bonds. The summed E-state index contributed by atoms with van der Waals surface area (Å²) in [5.74, 6) is 0.856. The quantitative estimate of drug-likeness (QED) is 0.669. The van der Waals surface area contributed by atoms with Gasteiger partial charge in [0.1, 0.15) is 5.82 Å². The largest absolute Gasteiger partial charge is 0.336 e. The van der Waals surface area contributed by atoms with E-state index in [0.29, 0.717) is 12.1 Å². The molecule has 29 heavy (non-hydrogen) atoms. The molecule has 1 aliphatic heterocycles. The van der Waals surface area contributed by atoms with Crippen molar-refractivity contribution in [2.75, 3.05) is 38.1 Å². The van der Waals surface area contributed by atoms with Crippen molar-refractivity contribution < 1.29 is 4.79 Å². The van der Waals surface area contributed by atoms with E-state index in [1.54, 1.807) is 6.20 Å². The molecule has 5 heteroatoms. The van der Waals surface area contributed by atoms with Gasteiger partial charge in [-0.3, -0.25) is 4.79 Å². The molecule has 148 valence electrons. The first-order chi connectivity index (χ1) is 14.2. The fourth-order valence-corrected chi connectivity index (χ4v) is 3.57. The van der Waals surface area contributed by atoms with Crippen LogP contribution in [0.5, 0.6) is 0 Å². The van der Waals surface area contributed by atoms with Crippen LogP contribution in [-0.2, 0) is 6.54 Å². The van der Waals surface area contributed by atoms with Crippen molar-refractivity contribution in [2.45, 2.75) is 6.54 Å². The number of amides is 1. The van der Waals surface area contributed by atoms with Crippen molar-refractivity contribution >= 4 is 17.4 Å². The Balaban J connectivity index is 1.63. The summed E-state index contributed by atoms with van der Waals surface area (Å²) in [5, 5.41) is 0. The summed E-state index contributed by atoms with van der Waals surface area (Å²) in [6.45, 7) is 4.03. The molecule has 0 spiro atoms. The normalized spacial score (nSPS) is 14.6. The van der Waals surface area contributed by atoms with Crippen LogP contribution in [0, 0.1) is 0 Å². The average molecular weight is 386 g/mol. The summed E-state index contributed by atoms with van der Waals surface area (Å²) in [5.41, 5.74) is 2.93. The second-order valence-electron chi connectivity index (χ2n) is 7.41. The molecule has 0 unspecified atom stereocenters. The van der Waals surface area contributed by atoms with Crippen LogP contribution in [0.15, 0.2) is 79.0 Å². The molecule has 0 bridgehead atoms. The summed E-state index contributed by atoms with van der Waals surface area (Å²) in [7, 11) is 2.09. The molecule has 1 aromatic heterocycles. The first-order valence-electron chi connectivity index (χ1n) is 10.0. The van der Waals surface area contributed by atoms with Gasteiger partial charge in [-0.2, -0.15) is 0 Å². The topological polar surface area (TPSA) is 39.7 Å². The molecule has 5 nitrogen and oxygen atoms in total. The van der Waals surface area contributed by atoms with Crippen LogP contribution in [0.1, 0.15) is 15.9 Å². The van der Waals surface area contributed by atoms with Gasteiger partial charge >= 0.3 is 0 Å². The molecule has 0 radical (unpaired) electrons. The summed E-state index contributed by atoms with van der Waals surface area (Å²) in [6.07, 6.45) is 1.74. The number of pyridine rings is 1. The Morgan fingerprint density at radius 3 is 2.28 bits per heavy atom. The lowest BCUT2D eigenvalue weighted by atomic mass is 10.1. The third kappa shape index (κ3) is 4.63. The maximum absolute atomic E-state index is 13.0. The molecule has 0 N–H and O–H groups in total. The third-order valence-corrected chi connectivity index (χ3v) is 5.31. The highest BCUT2D eigenvalue weighted by molar-refractivity contribution is 5.95. The van der Waals surface area contributed by atoms with Crippen LogP contribution in [0.4, 0.5) is 11.5 Å². The van der Waals surface area contributed by atoms with E-state index in [1.165, 1.54) is 5.56 Å². The van der Waals surface area contributed by atoms with E-state index in [9.17, 15) is 4.79 Å². The summed E-state index contributed by atoms with van der Waals surface area (Å²) >= 11 is 0. The number of nitrogens with zero attached hydrogens (tertiary/aromatic N) is 4. The number of carbonyl (C=O) groups is 1. The number of aromatic nitrogens is 1. The third-order valence-electron chi connectivity index (χ3n) is 5.31. The van der Waals surface area contributed by atoms with Gasteiger partial charge in [-0.1, -0.05) is 48.5 Å². The van der Waals surface area contributed by atoms with Gasteiger partial charge in [0.2, 0.25) is 0 Å². The standard InChI is InChI=1S/C24H26N4O/c1-26-14-16-27(17-15-26)24(29)21-12-13-25-23(18-21)28(22-10-6-3-7-11-22)19-20-8-4-2-5-9-20/h2-13,18H,14-17,19H2,1H3. The predicted octanol–water partition coefficient (Wildman–Crippen LogP) is 3.81. The highest BCUT2D eigenvalue weighted by Gasteiger charge is 2.21. The van der Waals surface area contributed by atoms with Gasteiger partial charge in [-0.05, 0) is 36.9 Å². The number of carbonyl (C=O) groups excluding carboxylic acids is 1. The SMILES string of the molecule is CN1CCN(C(=O)c2ccnc(N(Cc3ccccc3)c3ccccc3)c2)CC1. The Bertz CT molecular complexity index is 937. The summed E-state index contributed by atoms with van der Waals surface area (Å²) in [4.78, 5) is 24.0. The van der Waals surface area contributed by atoms with Crippen LogP contribution in [-0.4, -0.2) is 53.9 Å². The first kappa shape index (κ1) is 19.2. The van der Waals surface area contributed by atoms with Crippen LogP contribution >= 0.6 is 0 Å². The van der Waals surface area contributed by atoms with E-state index in [-0.39, 0.29) is 5.91 Å². The Kier molecular flexibility index (Phi) is 5.86. The van der Waals surface area contributed by atoms with Gasteiger partial charge < -0.3 is 14.7 Å². The van der Waals surface area contributed by atoms with Gasteiger partial charge in [-0.15, -0.1) is 0 Å². The lowest BCUT2D eigenvalue weighted by Gasteiger charge is -2.32. The Morgan fingerprint density at radius 1 is 0.931 bits per heavy atom. The molecule has 0 atom stereocenters. The molecule has 1 fully saturated rings. The second kappa shape index (κ2) is 8.88. The van der Waals surface area contributed by atoms with Crippen LogP contribution in [0.3, 0.4) is 0 Å². The number of rotatable bonds is 5. The Hall–Kier alpha value is -3.18. The van der Waals surface area contributed by atoms with E-state index in [2.05, 4.69) is 46.1 Å². The highest BCUT2D eigenvalue weighted by Crippen LogP contribution is 2.26. The lowest BCUT2D eigenvalue weighted by Crippen LogP contribution is -2.47. The molecule has 3 aromatic rings. The summed E-state index contributed by atoms with van der Waals surface area (Å²) < 4.78 is 0. The zero-order chi connectivity index (χ0) is 20.1. The number of likely N-dealkylation sites (N-methyl/N-ethyl adjacent to an activating group) is 1. The minimum atomic E-state index is 0.0782. The van der Waals surface area contributed by atoms with Crippen molar-refractivity contribution in [1.82, 2.24) is 14.8 Å². The van der Waals surface area contributed by atoms with E-state index in [1.807, 2.05) is 53.4 Å². The maximum atomic E-state index is 13.0. The van der Waals surface area contributed by atoms with Gasteiger partial charge in [0.05, 0.1) is 0 Å². The Labute approximate surface area is 172 Å². The predicted molar refractivity (Wildman–Crippen MR) is 116 cm³/mol. The van der Waals surface area contributed by atoms with Crippen LogP contribution in [0.2, 0.25) is 0 Å². The second-order valence-corrected chi connectivity index (χ2v) is 7.41. The Morgan fingerprint density at radius 2 is 1.59 bits per heavy atom. The molecular formula is C24H26N4O.